The van der Waals surface area contributed by atoms with Gasteiger partial charge in [0.1, 0.15) is 17.4 Å². The molecule has 122 valence electrons. The lowest BCUT2D eigenvalue weighted by molar-refractivity contribution is -0.115. The lowest BCUT2D eigenvalue weighted by Gasteiger charge is -2.00. The average molecular weight is 324 g/mol. The third kappa shape index (κ3) is 2.72. The fraction of sp³-hybridized carbons (Fsp3) is 0.312. The second-order valence-corrected chi connectivity index (χ2v) is 5.60. The molecule has 1 amide bonds. The third-order valence-corrected chi connectivity index (χ3v) is 3.73. The highest BCUT2D eigenvalue weighted by Gasteiger charge is 2.18. The van der Waals surface area contributed by atoms with Gasteiger partial charge in [-0.25, -0.2) is 9.50 Å². The van der Waals surface area contributed by atoms with E-state index in [1.165, 1.54) is 0 Å². The number of nitriles is 1. The third-order valence-electron chi connectivity index (χ3n) is 3.73. The Bertz CT molecular complexity index is 992. The first-order chi connectivity index (χ1) is 11.4. The molecule has 0 spiro atoms. The van der Waals surface area contributed by atoms with Crippen molar-refractivity contribution < 1.29 is 9.21 Å². The van der Waals surface area contributed by atoms with E-state index in [-0.39, 0.29) is 18.2 Å². The van der Waals surface area contributed by atoms with Crippen LogP contribution in [0.2, 0.25) is 0 Å². The molecule has 0 aliphatic heterocycles. The number of carbonyl (C=O) groups is 1. The zero-order valence-corrected chi connectivity index (χ0v) is 13.8. The second kappa shape index (κ2) is 5.77. The summed E-state index contributed by atoms with van der Waals surface area (Å²) in [7, 11) is 0. The minimum absolute atomic E-state index is 0.0362. The molecule has 3 rings (SSSR count). The highest BCUT2D eigenvalue weighted by atomic mass is 16.4. The van der Waals surface area contributed by atoms with Gasteiger partial charge >= 0.3 is 0 Å². The Hall–Kier alpha value is -3.21. The molecule has 3 heterocycles. The Morgan fingerprint density at radius 3 is 2.79 bits per heavy atom. The number of nitrogens with one attached hydrogen (secondary N) is 1. The van der Waals surface area contributed by atoms with Gasteiger partial charge in [0.15, 0.2) is 5.82 Å². The van der Waals surface area contributed by atoms with Crippen LogP contribution in [0.25, 0.3) is 5.78 Å². The molecular weight excluding hydrogens is 308 g/mol. The smallest absolute Gasteiger partial charge is 0.252 e. The lowest BCUT2D eigenvalue weighted by atomic mass is 10.2. The molecule has 8 nitrogen and oxygen atoms in total. The Labute approximate surface area is 138 Å². The van der Waals surface area contributed by atoms with Crippen molar-refractivity contribution in [1.29, 1.82) is 5.26 Å². The largest absolute Gasteiger partial charge is 0.444 e. The van der Waals surface area contributed by atoms with E-state index in [0.717, 1.165) is 11.4 Å². The zero-order chi connectivity index (χ0) is 17.4. The normalized spacial score (nSPS) is 10.8. The van der Waals surface area contributed by atoms with E-state index >= 15 is 0 Å². The van der Waals surface area contributed by atoms with Gasteiger partial charge in [0.25, 0.3) is 5.78 Å². The number of rotatable bonds is 3. The molecular formula is C16H16N6O2. The summed E-state index contributed by atoms with van der Waals surface area (Å²) in [6.07, 6.45) is -0.0362. The number of furan rings is 1. The number of anilines is 1. The number of aryl methyl sites for hydroxylation is 3. The minimum Gasteiger partial charge on any atom is -0.444 e. The Morgan fingerprint density at radius 1 is 1.33 bits per heavy atom. The van der Waals surface area contributed by atoms with E-state index < -0.39 is 0 Å². The topological polar surface area (TPSA) is 109 Å². The quantitative estimate of drug-likeness (QED) is 0.789. The molecule has 0 aliphatic rings. The van der Waals surface area contributed by atoms with Gasteiger partial charge < -0.3 is 4.42 Å². The van der Waals surface area contributed by atoms with E-state index in [2.05, 4.69) is 20.4 Å². The van der Waals surface area contributed by atoms with Crippen molar-refractivity contribution in [1.82, 2.24) is 19.6 Å². The molecule has 1 N–H and O–H groups in total. The summed E-state index contributed by atoms with van der Waals surface area (Å²) in [5, 5.41) is 16.1. The molecule has 0 bridgehead atoms. The van der Waals surface area contributed by atoms with Crippen LogP contribution < -0.4 is 5.32 Å². The number of hydrogen-bond donors (Lipinski definition) is 1. The Balaban J connectivity index is 1.82. The fourth-order valence-corrected chi connectivity index (χ4v) is 2.45. The summed E-state index contributed by atoms with van der Waals surface area (Å²) < 4.78 is 7.02. The maximum Gasteiger partial charge on any atom is 0.252 e. The van der Waals surface area contributed by atoms with Crippen LogP contribution in [-0.2, 0) is 11.2 Å². The van der Waals surface area contributed by atoms with Crippen molar-refractivity contribution >= 4 is 17.6 Å². The van der Waals surface area contributed by atoms with E-state index in [9.17, 15) is 4.79 Å². The summed E-state index contributed by atoms with van der Waals surface area (Å²) >= 11 is 0. The Kier molecular flexibility index (Phi) is 3.77. The summed E-state index contributed by atoms with van der Waals surface area (Å²) in [6, 6.07) is 3.92. The number of carbonyl (C=O) groups excluding carboxylic acids is 1. The van der Waals surface area contributed by atoms with Crippen molar-refractivity contribution in [3.05, 3.63) is 40.2 Å². The standard InChI is InChI=1S/C16H16N6O2/c1-8-5-9(2)22-16(18-8)19-13(21-22)6-14(23)20-15-12(7-17)10(3)11(4)24-15/h5H,6H2,1-4H3,(H,20,23). The number of fused-ring (bicyclic) bond motifs is 1. The van der Waals surface area contributed by atoms with Crippen molar-refractivity contribution in [2.75, 3.05) is 5.32 Å². The van der Waals surface area contributed by atoms with Gasteiger partial charge in [-0.3, -0.25) is 10.1 Å². The van der Waals surface area contributed by atoms with Crippen LogP contribution in [0.5, 0.6) is 0 Å². The molecule has 0 aliphatic carbocycles. The van der Waals surface area contributed by atoms with E-state index in [1.807, 2.05) is 26.0 Å². The number of aromatic nitrogens is 4. The highest BCUT2D eigenvalue weighted by molar-refractivity contribution is 5.92. The van der Waals surface area contributed by atoms with Crippen LogP contribution in [0.1, 0.15) is 34.1 Å². The molecule has 8 heteroatoms. The molecule has 24 heavy (non-hydrogen) atoms. The van der Waals surface area contributed by atoms with Crippen LogP contribution in [0.3, 0.4) is 0 Å². The van der Waals surface area contributed by atoms with Crippen LogP contribution in [0.15, 0.2) is 10.5 Å². The van der Waals surface area contributed by atoms with Gasteiger partial charge in [0.05, 0.1) is 6.42 Å². The summed E-state index contributed by atoms with van der Waals surface area (Å²) in [5.74, 6) is 1.21. The SMILES string of the molecule is Cc1cc(C)n2nc(CC(=O)Nc3oc(C)c(C)c3C#N)nc2n1. The molecule has 0 unspecified atom stereocenters. The van der Waals surface area contributed by atoms with Crippen molar-refractivity contribution in [2.24, 2.45) is 0 Å². The van der Waals surface area contributed by atoms with Crippen LogP contribution in [0.4, 0.5) is 5.88 Å². The van der Waals surface area contributed by atoms with E-state index in [0.29, 0.717) is 28.5 Å². The van der Waals surface area contributed by atoms with Gasteiger partial charge in [-0.15, -0.1) is 5.10 Å². The molecule has 0 aromatic carbocycles. The first kappa shape index (κ1) is 15.7. The molecule has 3 aromatic rings. The first-order valence-corrected chi connectivity index (χ1v) is 7.39. The first-order valence-electron chi connectivity index (χ1n) is 7.39. The van der Waals surface area contributed by atoms with Crippen molar-refractivity contribution in [3.63, 3.8) is 0 Å². The van der Waals surface area contributed by atoms with E-state index in [4.69, 9.17) is 9.68 Å². The van der Waals surface area contributed by atoms with Gasteiger partial charge in [-0.05, 0) is 33.8 Å². The van der Waals surface area contributed by atoms with Crippen LogP contribution >= 0.6 is 0 Å². The predicted octanol–water partition coefficient (Wildman–Crippen LogP) is 2.00. The highest BCUT2D eigenvalue weighted by Crippen LogP contribution is 2.25. The zero-order valence-electron chi connectivity index (χ0n) is 13.8. The summed E-state index contributed by atoms with van der Waals surface area (Å²) in [5.41, 5.74) is 2.77. The molecule has 0 fully saturated rings. The fourth-order valence-electron chi connectivity index (χ4n) is 2.45. The monoisotopic (exact) mass is 324 g/mol. The van der Waals surface area contributed by atoms with Gasteiger partial charge in [0.2, 0.25) is 11.8 Å². The predicted molar refractivity (Wildman–Crippen MR) is 85.5 cm³/mol. The van der Waals surface area contributed by atoms with Gasteiger partial charge in [0, 0.05) is 17.0 Å². The number of nitrogens with zero attached hydrogens (tertiary/aromatic N) is 5. The lowest BCUT2D eigenvalue weighted by Crippen LogP contribution is -2.15. The Morgan fingerprint density at radius 2 is 2.08 bits per heavy atom. The molecule has 3 aromatic heterocycles. The number of amides is 1. The molecule has 0 atom stereocenters. The second-order valence-electron chi connectivity index (χ2n) is 5.60. The summed E-state index contributed by atoms with van der Waals surface area (Å²) in [4.78, 5) is 20.8. The molecule has 0 radical (unpaired) electrons. The average Bonchev–Trinajstić information content (AvgIpc) is 3.00. The minimum atomic E-state index is -0.356. The van der Waals surface area contributed by atoms with Crippen molar-refractivity contribution in [2.45, 2.75) is 34.1 Å². The van der Waals surface area contributed by atoms with Crippen LogP contribution in [0, 0.1) is 39.0 Å². The van der Waals surface area contributed by atoms with Gasteiger partial charge in [-0.2, -0.15) is 10.2 Å². The molecule has 0 saturated heterocycles. The summed E-state index contributed by atoms with van der Waals surface area (Å²) in [6.45, 7) is 7.28. The van der Waals surface area contributed by atoms with Crippen LogP contribution in [-0.4, -0.2) is 25.5 Å². The maximum absolute atomic E-state index is 12.2. The van der Waals surface area contributed by atoms with E-state index in [1.54, 1.807) is 18.4 Å². The van der Waals surface area contributed by atoms with Gasteiger partial charge in [-0.1, -0.05) is 0 Å². The molecule has 0 saturated carbocycles. The number of hydrogen-bond acceptors (Lipinski definition) is 6. The maximum atomic E-state index is 12.2. The van der Waals surface area contributed by atoms with Crippen molar-refractivity contribution in [3.8, 4) is 6.07 Å².